The molecular formula is C13H10ClN3O3S. The van der Waals surface area contributed by atoms with Crippen molar-refractivity contribution < 1.29 is 12.6 Å². The molecule has 0 spiro atoms. The van der Waals surface area contributed by atoms with Crippen LogP contribution in [0.25, 0.3) is 5.52 Å². The van der Waals surface area contributed by atoms with E-state index in [2.05, 4.69) is 10.1 Å². The summed E-state index contributed by atoms with van der Waals surface area (Å²) >= 11 is 5.95. The summed E-state index contributed by atoms with van der Waals surface area (Å²) in [4.78, 5) is 3.88. The number of aryl methyl sites for hydroxylation is 1. The third-order valence-electron chi connectivity index (χ3n) is 2.88. The Kier molecular flexibility index (Phi) is 3.30. The van der Waals surface area contributed by atoms with Crippen LogP contribution >= 0.6 is 11.6 Å². The lowest BCUT2D eigenvalue weighted by Gasteiger charge is -2.06. The van der Waals surface area contributed by atoms with Gasteiger partial charge in [-0.1, -0.05) is 29.3 Å². The van der Waals surface area contributed by atoms with Crippen molar-refractivity contribution in [2.75, 3.05) is 0 Å². The summed E-state index contributed by atoms with van der Waals surface area (Å²) in [7, 11) is -3.94. The molecule has 0 fully saturated rings. The van der Waals surface area contributed by atoms with Crippen LogP contribution in [0.2, 0.25) is 5.15 Å². The Bertz CT molecular complexity index is 904. The smallest absolute Gasteiger partial charge is 0.339 e. The molecule has 3 aromatic rings. The van der Waals surface area contributed by atoms with E-state index in [0.717, 1.165) is 5.56 Å². The zero-order valence-electron chi connectivity index (χ0n) is 10.9. The SMILES string of the molecule is Cc1ccc(S(=O)(=O)Oc2ccn3ncnc(Cl)c23)cc1. The fraction of sp³-hybridized carbons (Fsp3) is 0.0769. The van der Waals surface area contributed by atoms with E-state index in [9.17, 15) is 8.42 Å². The van der Waals surface area contributed by atoms with Gasteiger partial charge in [-0.2, -0.15) is 13.5 Å². The van der Waals surface area contributed by atoms with E-state index in [1.165, 1.54) is 29.0 Å². The quantitative estimate of drug-likeness (QED) is 0.692. The van der Waals surface area contributed by atoms with Crippen LogP contribution in [0, 0.1) is 6.92 Å². The van der Waals surface area contributed by atoms with Crippen molar-refractivity contribution >= 4 is 27.2 Å². The normalized spacial score (nSPS) is 11.7. The third-order valence-corrected chi connectivity index (χ3v) is 4.41. The Morgan fingerprint density at radius 1 is 1.19 bits per heavy atom. The van der Waals surface area contributed by atoms with E-state index in [-0.39, 0.29) is 15.8 Å². The topological polar surface area (TPSA) is 73.6 Å². The highest BCUT2D eigenvalue weighted by Crippen LogP contribution is 2.28. The lowest BCUT2D eigenvalue weighted by Crippen LogP contribution is -2.09. The predicted octanol–water partition coefficient (Wildman–Crippen LogP) is 2.46. The van der Waals surface area contributed by atoms with E-state index >= 15 is 0 Å². The summed E-state index contributed by atoms with van der Waals surface area (Å²) in [6.45, 7) is 1.87. The Labute approximate surface area is 126 Å². The zero-order valence-corrected chi connectivity index (χ0v) is 12.5. The van der Waals surface area contributed by atoms with Crippen LogP contribution in [0.5, 0.6) is 5.75 Å². The van der Waals surface area contributed by atoms with Gasteiger partial charge in [-0.15, -0.1) is 0 Å². The highest BCUT2D eigenvalue weighted by Gasteiger charge is 2.20. The maximum atomic E-state index is 12.3. The summed E-state index contributed by atoms with van der Waals surface area (Å²) in [5.41, 5.74) is 1.26. The molecule has 0 saturated carbocycles. The Balaban J connectivity index is 2.03. The maximum Gasteiger partial charge on any atom is 0.339 e. The molecule has 1 aromatic carbocycles. The maximum absolute atomic E-state index is 12.3. The van der Waals surface area contributed by atoms with Gasteiger partial charge < -0.3 is 4.18 Å². The molecular weight excluding hydrogens is 314 g/mol. The molecule has 0 saturated heterocycles. The molecule has 2 heterocycles. The standard InChI is InChI=1S/C13H10ClN3O3S/c1-9-2-4-10(5-3-9)21(18,19)20-11-6-7-17-12(11)13(14)15-8-16-17/h2-8H,1H3. The largest absolute Gasteiger partial charge is 0.376 e. The lowest BCUT2D eigenvalue weighted by molar-refractivity contribution is 0.488. The van der Waals surface area contributed by atoms with Crippen molar-refractivity contribution in [2.45, 2.75) is 11.8 Å². The van der Waals surface area contributed by atoms with Crippen molar-refractivity contribution in [1.29, 1.82) is 0 Å². The van der Waals surface area contributed by atoms with Crippen LogP contribution in [0.3, 0.4) is 0 Å². The first-order valence-electron chi connectivity index (χ1n) is 5.96. The molecule has 2 aromatic heterocycles. The second kappa shape index (κ2) is 5.01. The molecule has 8 heteroatoms. The second-order valence-electron chi connectivity index (χ2n) is 4.37. The van der Waals surface area contributed by atoms with Gasteiger partial charge in [-0.25, -0.2) is 9.50 Å². The van der Waals surface area contributed by atoms with E-state index in [1.807, 2.05) is 6.92 Å². The van der Waals surface area contributed by atoms with Gasteiger partial charge in [-0.3, -0.25) is 0 Å². The van der Waals surface area contributed by atoms with E-state index < -0.39 is 10.1 Å². The fourth-order valence-corrected chi connectivity index (χ4v) is 2.99. The van der Waals surface area contributed by atoms with Gasteiger partial charge in [0, 0.05) is 12.3 Å². The van der Waals surface area contributed by atoms with Crippen LogP contribution in [0.1, 0.15) is 5.56 Å². The van der Waals surface area contributed by atoms with Gasteiger partial charge in [0.2, 0.25) is 0 Å². The summed E-state index contributed by atoms with van der Waals surface area (Å²) in [5.74, 6) is 0.0844. The van der Waals surface area contributed by atoms with E-state index in [0.29, 0.717) is 5.52 Å². The Morgan fingerprint density at radius 2 is 1.90 bits per heavy atom. The molecule has 21 heavy (non-hydrogen) atoms. The molecule has 0 N–H and O–H groups in total. The molecule has 108 valence electrons. The highest BCUT2D eigenvalue weighted by atomic mass is 35.5. The van der Waals surface area contributed by atoms with Gasteiger partial charge in [0.25, 0.3) is 0 Å². The molecule has 0 aliphatic heterocycles. The van der Waals surface area contributed by atoms with Crippen molar-refractivity contribution in [3.05, 3.63) is 53.6 Å². The van der Waals surface area contributed by atoms with Crippen LogP contribution < -0.4 is 4.18 Å². The van der Waals surface area contributed by atoms with Crippen molar-refractivity contribution in [1.82, 2.24) is 14.6 Å². The summed E-state index contributed by atoms with van der Waals surface area (Å²) in [5, 5.41) is 4.04. The van der Waals surface area contributed by atoms with Gasteiger partial charge in [-0.05, 0) is 19.1 Å². The molecule has 3 rings (SSSR count). The minimum atomic E-state index is -3.94. The second-order valence-corrected chi connectivity index (χ2v) is 6.28. The first kappa shape index (κ1) is 13.8. The number of nitrogens with zero attached hydrogens (tertiary/aromatic N) is 3. The molecule has 0 aliphatic rings. The molecule has 0 amide bonds. The monoisotopic (exact) mass is 323 g/mol. The van der Waals surface area contributed by atoms with Gasteiger partial charge in [0.15, 0.2) is 10.9 Å². The number of hydrogen-bond acceptors (Lipinski definition) is 5. The van der Waals surface area contributed by atoms with E-state index in [1.54, 1.807) is 18.3 Å². The summed E-state index contributed by atoms with van der Waals surface area (Å²) < 4.78 is 31.0. The summed E-state index contributed by atoms with van der Waals surface area (Å²) in [6, 6.07) is 7.85. The average molecular weight is 324 g/mol. The number of fused-ring (bicyclic) bond motifs is 1. The molecule has 0 aliphatic carbocycles. The first-order chi connectivity index (χ1) is 9.97. The Morgan fingerprint density at radius 3 is 2.62 bits per heavy atom. The van der Waals surface area contributed by atoms with Crippen LogP contribution in [-0.2, 0) is 10.1 Å². The van der Waals surface area contributed by atoms with Crippen LogP contribution in [0.4, 0.5) is 0 Å². The zero-order chi connectivity index (χ0) is 15.0. The molecule has 0 atom stereocenters. The molecule has 6 nitrogen and oxygen atoms in total. The van der Waals surface area contributed by atoms with Crippen molar-refractivity contribution in [3.63, 3.8) is 0 Å². The van der Waals surface area contributed by atoms with Crippen LogP contribution in [0.15, 0.2) is 47.8 Å². The number of benzene rings is 1. The number of halogens is 1. The molecule has 0 radical (unpaired) electrons. The Hall–Kier alpha value is -2.12. The van der Waals surface area contributed by atoms with Gasteiger partial charge >= 0.3 is 10.1 Å². The summed E-state index contributed by atoms with van der Waals surface area (Å²) in [6.07, 6.45) is 2.82. The van der Waals surface area contributed by atoms with Gasteiger partial charge in [0.1, 0.15) is 16.7 Å². The van der Waals surface area contributed by atoms with Crippen molar-refractivity contribution in [2.24, 2.45) is 0 Å². The van der Waals surface area contributed by atoms with Crippen LogP contribution in [-0.4, -0.2) is 23.0 Å². The third kappa shape index (κ3) is 2.57. The molecule has 0 bridgehead atoms. The minimum Gasteiger partial charge on any atom is -0.376 e. The van der Waals surface area contributed by atoms with E-state index in [4.69, 9.17) is 15.8 Å². The van der Waals surface area contributed by atoms with Crippen molar-refractivity contribution in [3.8, 4) is 5.75 Å². The minimum absolute atomic E-state index is 0.0698. The number of aromatic nitrogens is 3. The number of rotatable bonds is 3. The van der Waals surface area contributed by atoms with Gasteiger partial charge in [0.05, 0.1) is 0 Å². The average Bonchev–Trinajstić information content (AvgIpc) is 2.83. The highest BCUT2D eigenvalue weighted by molar-refractivity contribution is 7.87. The lowest BCUT2D eigenvalue weighted by atomic mass is 10.2. The molecule has 0 unspecified atom stereocenters. The predicted molar refractivity (Wildman–Crippen MR) is 77.0 cm³/mol. The first-order valence-corrected chi connectivity index (χ1v) is 7.75. The number of hydrogen-bond donors (Lipinski definition) is 0. The fourth-order valence-electron chi connectivity index (χ4n) is 1.83.